The SMILES string of the molecule is C#CCCNC1CCCCC1CNC(=O)OC(C)(C)C. The van der Waals surface area contributed by atoms with Crippen molar-refractivity contribution in [3.63, 3.8) is 0 Å². The zero-order valence-corrected chi connectivity index (χ0v) is 13.0. The molecule has 0 aromatic carbocycles. The van der Waals surface area contributed by atoms with Crippen LogP contribution in [-0.4, -0.2) is 30.8 Å². The predicted molar refractivity (Wildman–Crippen MR) is 81.4 cm³/mol. The maximum absolute atomic E-state index is 11.7. The van der Waals surface area contributed by atoms with Crippen molar-refractivity contribution >= 4 is 6.09 Å². The summed E-state index contributed by atoms with van der Waals surface area (Å²) in [4.78, 5) is 11.7. The fraction of sp³-hybridized carbons (Fsp3) is 0.812. The van der Waals surface area contributed by atoms with Gasteiger partial charge in [-0.25, -0.2) is 4.79 Å². The monoisotopic (exact) mass is 280 g/mol. The molecule has 2 atom stereocenters. The summed E-state index contributed by atoms with van der Waals surface area (Å²) in [6.45, 7) is 7.14. The number of hydrogen-bond acceptors (Lipinski definition) is 3. The van der Waals surface area contributed by atoms with E-state index in [1.807, 2.05) is 20.8 Å². The summed E-state index contributed by atoms with van der Waals surface area (Å²) >= 11 is 0. The van der Waals surface area contributed by atoms with E-state index in [-0.39, 0.29) is 6.09 Å². The molecule has 1 rings (SSSR count). The van der Waals surface area contributed by atoms with Crippen molar-refractivity contribution < 1.29 is 9.53 Å². The highest BCUT2D eigenvalue weighted by Crippen LogP contribution is 2.24. The van der Waals surface area contributed by atoms with Gasteiger partial charge in [0.25, 0.3) is 0 Å². The third-order valence-electron chi connectivity index (χ3n) is 3.49. The van der Waals surface area contributed by atoms with Crippen LogP contribution >= 0.6 is 0 Å². The van der Waals surface area contributed by atoms with Crippen LogP contribution in [0.25, 0.3) is 0 Å². The topological polar surface area (TPSA) is 50.4 Å². The Hall–Kier alpha value is -1.21. The summed E-state index contributed by atoms with van der Waals surface area (Å²) in [6.07, 6.45) is 10.5. The first-order valence-electron chi connectivity index (χ1n) is 7.56. The second kappa shape index (κ2) is 8.16. The lowest BCUT2D eigenvalue weighted by molar-refractivity contribution is 0.0511. The molecule has 0 aromatic heterocycles. The maximum atomic E-state index is 11.7. The Balaban J connectivity index is 2.35. The Kier molecular flexibility index (Phi) is 6.87. The molecule has 0 aromatic rings. The van der Waals surface area contributed by atoms with E-state index >= 15 is 0 Å². The Morgan fingerprint density at radius 1 is 1.35 bits per heavy atom. The minimum absolute atomic E-state index is 0.328. The van der Waals surface area contributed by atoms with Gasteiger partial charge in [-0.1, -0.05) is 12.8 Å². The smallest absolute Gasteiger partial charge is 0.407 e. The molecule has 1 aliphatic carbocycles. The van der Waals surface area contributed by atoms with Gasteiger partial charge in [0.15, 0.2) is 0 Å². The zero-order chi connectivity index (χ0) is 15.0. The summed E-state index contributed by atoms with van der Waals surface area (Å²) in [6, 6.07) is 0.451. The Labute approximate surface area is 123 Å². The molecular formula is C16H28N2O2. The molecule has 0 radical (unpaired) electrons. The Bertz CT molecular complexity index is 341. The second-order valence-corrected chi connectivity index (χ2v) is 6.44. The van der Waals surface area contributed by atoms with E-state index in [0.717, 1.165) is 25.8 Å². The third-order valence-corrected chi connectivity index (χ3v) is 3.49. The van der Waals surface area contributed by atoms with Crippen LogP contribution in [0.4, 0.5) is 4.79 Å². The van der Waals surface area contributed by atoms with Crippen LogP contribution in [0.2, 0.25) is 0 Å². The predicted octanol–water partition coefficient (Wildman–Crippen LogP) is 2.68. The number of hydrogen-bond donors (Lipinski definition) is 2. The minimum atomic E-state index is -0.443. The molecule has 0 bridgehead atoms. The van der Waals surface area contributed by atoms with Crippen molar-refractivity contribution in [1.29, 1.82) is 0 Å². The van der Waals surface area contributed by atoms with Crippen LogP contribution in [0.5, 0.6) is 0 Å². The quantitative estimate of drug-likeness (QED) is 0.601. The molecule has 2 N–H and O–H groups in total. The molecule has 1 aliphatic rings. The van der Waals surface area contributed by atoms with Gasteiger partial charge in [0.1, 0.15) is 5.60 Å². The molecule has 1 saturated carbocycles. The normalized spacial score (nSPS) is 22.9. The molecule has 4 nitrogen and oxygen atoms in total. The fourth-order valence-electron chi connectivity index (χ4n) is 2.58. The zero-order valence-electron chi connectivity index (χ0n) is 13.0. The number of alkyl carbamates (subject to hydrolysis) is 1. The van der Waals surface area contributed by atoms with Gasteiger partial charge in [-0.15, -0.1) is 12.3 Å². The summed E-state index contributed by atoms with van der Waals surface area (Å²) in [5.74, 6) is 3.11. The van der Waals surface area contributed by atoms with E-state index in [4.69, 9.17) is 11.2 Å². The third kappa shape index (κ3) is 6.81. The fourth-order valence-corrected chi connectivity index (χ4v) is 2.58. The Morgan fingerprint density at radius 2 is 2.05 bits per heavy atom. The Morgan fingerprint density at radius 3 is 2.70 bits per heavy atom. The number of rotatable bonds is 5. The van der Waals surface area contributed by atoms with Crippen LogP contribution in [0, 0.1) is 18.3 Å². The average Bonchev–Trinajstić information content (AvgIpc) is 2.36. The first-order chi connectivity index (χ1) is 9.42. The van der Waals surface area contributed by atoms with Crippen molar-refractivity contribution in [3.05, 3.63) is 0 Å². The molecule has 0 spiro atoms. The van der Waals surface area contributed by atoms with Gasteiger partial charge in [-0.3, -0.25) is 0 Å². The minimum Gasteiger partial charge on any atom is -0.444 e. The van der Waals surface area contributed by atoms with Gasteiger partial charge in [-0.05, 0) is 39.5 Å². The number of ether oxygens (including phenoxy) is 1. The van der Waals surface area contributed by atoms with Gasteiger partial charge in [0.2, 0.25) is 0 Å². The molecule has 0 saturated heterocycles. The molecule has 0 aliphatic heterocycles. The van der Waals surface area contributed by atoms with Crippen LogP contribution < -0.4 is 10.6 Å². The van der Waals surface area contributed by atoms with Gasteiger partial charge in [0.05, 0.1) is 0 Å². The van der Waals surface area contributed by atoms with Gasteiger partial charge in [-0.2, -0.15) is 0 Å². The lowest BCUT2D eigenvalue weighted by Gasteiger charge is -2.32. The van der Waals surface area contributed by atoms with E-state index in [1.54, 1.807) is 0 Å². The molecule has 20 heavy (non-hydrogen) atoms. The van der Waals surface area contributed by atoms with Crippen LogP contribution in [0.1, 0.15) is 52.9 Å². The summed E-state index contributed by atoms with van der Waals surface area (Å²) in [5.41, 5.74) is -0.443. The van der Waals surface area contributed by atoms with Gasteiger partial charge < -0.3 is 15.4 Å². The van der Waals surface area contributed by atoms with Crippen molar-refractivity contribution in [2.75, 3.05) is 13.1 Å². The summed E-state index contributed by atoms with van der Waals surface area (Å²) in [7, 11) is 0. The van der Waals surface area contributed by atoms with Crippen molar-refractivity contribution in [1.82, 2.24) is 10.6 Å². The number of terminal acetylenes is 1. The lowest BCUT2D eigenvalue weighted by Crippen LogP contribution is -2.45. The second-order valence-electron chi connectivity index (χ2n) is 6.44. The van der Waals surface area contributed by atoms with E-state index in [2.05, 4.69) is 16.6 Å². The maximum Gasteiger partial charge on any atom is 0.407 e. The number of carbonyl (C=O) groups is 1. The van der Waals surface area contributed by atoms with Gasteiger partial charge >= 0.3 is 6.09 Å². The number of amides is 1. The standard InChI is InChI=1S/C16H28N2O2/c1-5-6-11-17-14-10-8-7-9-13(14)12-18-15(19)20-16(2,3)4/h1,13-14,17H,6-12H2,2-4H3,(H,18,19). The summed E-state index contributed by atoms with van der Waals surface area (Å²) in [5, 5.41) is 6.40. The largest absolute Gasteiger partial charge is 0.444 e. The summed E-state index contributed by atoms with van der Waals surface area (Å²) < 4.78 is 5.27. The highest BCUT2D eigenvalue weighted by Gasteiger charge is 2.25. The number of nitrogens with one attached hydrogen (secondary N) is 2. The highest BCUT2D eigenvalue weighted by atomic mass is 16.6. The van der Waals surface area contributed by atoms with Crippen molar-refractivity contribution in [3.8, 4) is 12.3 Å². The van der Waals surface area contributed by atoms with E-state index in [9.17, 15) is 4.79 Å². The molecule has 1 fully saturated rings. The first kappa shape index (κ1) is 16.8. The molecular weight excluding hydrogens is 252 g/mol. The molecule has 114 valence electrons. The highest BCUT2D eigenvalue weighted by molar-refractivity contribution is 5.67. The average molecular weight is 280 g/mol. The van der Waals surface area contributed by atoms with Crippen LogP contribution in [-0.2, 0) is 4.74 Å². The van der Waals surface area contributed by atoms with Crippen LogP contribution in [0.15, 0.2) is 0 Å². The lowest BCUT2D eigenvalue weighted by atomic mass is 9.84. The molecule has 1 amide bonds. The van der Waals surface area contributed by atoms with E-state index < -0.39 is 5.60 Å². The van der Waals surface area contributed by atoms with Crippen LogP contribution in [0.3, 0.4) is 0 Å². The van der Waals surface area contributed by atoms with Gasteiger partial charge in [0, 0.05) is 25.6 Å². The molecule has 2 unspecified atom stereocenters. The van der Waals surface area contributed by atoms with E-state index in [0.29, 0.717) is 18.5 Å². The van der Waals surface area contributed by atoms with Crippen molar-refractivity contribution in [2.24, 2.45) is 5.92 Å². The first-order valence-corrected chi connectivity index (χ1v) is 7.56. The molecule has 4 heteroatoms. The number of carbonyl (C=O) groups excluding carboxylic acids is 1. The van der Waals surface area contributed by atoms with Crippen molar-refractivity contribution in [2.45, 2.75) is 64.5 Å². The van der Waals surface area contributed by atoms with E-state index in [1.165, 1.54) is 12.8 Å². The molecule has 0 heterocycles.